The van der Waals surface area contributed by atoms with Crippen molar-refractivity contribution in [2.75, 3.05) is 48.4 Å². The van der Waals surface area contributed by atoms with Crippen molar-refractivity contribution in [1.82, 2.24) is 58.3 Å². The van der Waals surface area contributed by atoms with E-state index in [2.05, 4.69) is 30.9 Å². The Hall–Kier alpha value is -13.3. The van der Waals surface area contributed by atoms with Crippen molar-refractivity contribution in [2.24, 2.45) is 0 Å². The third kappa shape index (κ3) is 17.9. The normalized spacial score (nSPS) is 14.0. The zero-order valence-electron chi connectivity index (χ0n) is 62.6. The number of aromatic nitrogens is 9. The highest BCUT2D eigenvalue weighted by Crippen LogP contribution is 2.32. The molecule has 0 spiro atoms. The number of nitrogens with two attached hydrogens (primary N) is 2. The third-order valence-corrected chi connectivity index (χ3v) is 25.3. The van der Waals surface area contributed by atoms with Gasteiger partial charge in [-0.05, 0) is 144 Å². The van der Waals surface area contributed by atoms with Crippen LogP contribution in [0.4, 0.5) is 11.6 Å². The SMILES string of the molecule is Nc1ccc(-c2ccc(C(=O)NCCCn3c(=O)c(-c4ccccc4)c4n(c3=O)CCCS4(=O)=O)cc2)cn1.Nc1ccc(-c2cccc(C(=O)NCCCn3c(=O)c(-c4ccccc4)c4n(c3=O)CCCS4(=O)=O)c2)cn1.O=C(NCCCn1c(=O)c(-c2ccccc2)c2n(c1=O)CCCS2(=O)=O)c1ccc(-c2cccnc2)cc1. The van der Waals surface area contributed by atoms with Crippen LogP contribution in [0.5, 0.6) is 0 Å². The summed E-state index contributed by atoms with van der Waals surface area (Å²) in [5.74, 6) is -0.358. The standard InChI is InChI=1S/2C28H27N5O5S.C28H26N4O5S/c29-23-12-11-22(18-31-23)20-9-4-10-21(17-20)25(34)30-13-5-14-32-26(35)24(19-7-2-1-3-8-19)27-33(28(32)36)15-6-16-39(27,37)38;29-23-13-12-22(18-31-23)19-8-10-21(11-9-19)25(34)30-14-4-15-32-26(35)24(20-6-2-1-3-7-20)27-33(28(32)36)16-5-17-39(27,37)38;33-25(22-12-10-20(11-13-22)23-9-4-14-29-19-23)30-15-5-16-31-26(34)24(21-7-2-1-3-8-21)27-32(28(31)35)17-6-18-38(27,36)37/h1-4,7-12,17-18H,5-6,13-16H2,(H2,29,31)(H,30,34);1-3,6-13,18H,4-5,14-17H2,(H2,29,31)(H,30,34);1-4,7-14,19H,5-6,15-18H2,(H,30,33). The molecule has 0 saturated heterocycles. The molecule has 12 aromatic rings. The molecule has 7 N–H and O–H groups in total. The van der Waals surface area contributed by atoms with Gasteiger partial charge in [0.25, 0.3) is 34.4 Å². The number of carbonyl (C=O) groups excluding carboxylic acids is 3. The van der Waals surface area contributed by atoms with Crippen LogP contribution in [0.2, 0.25) is 0 Å². The second-order valence-corrected chi connectivity index (χ2v) is 33.7. The molecule has 0 radical (unpaired) electrons. The number of sulfone groups is 3. The maximum Gasteiger partial charge on any atom is 0.332 e. The number of nitrogens with zero attached hydrogens (tertiary/aromatic N) is 9. The highest BCUT2D eigenvalue weighted by molar-refractivity contribution is 7.92. The van der Waals surface area contributed by atoms with Crippen LogP contribution in [0, 0.1) is 0 Å². The largest absolute Gasteiger partial charge is 0.384 e. The van der Waals surface area contributed by atoms with Gasteiger partial charge in [-0.25, -0.2) is 49.6 Å². The highest BCUT2D eigenvalue weighted by atomic mass is 32.2. The molecular weight excluding hydrogens is 1540 g/mol. The molecule has 6 aromatic carbocycles. The molecule has 3 aliphatic rings. The number of hydrogen-bond acceptors (Lipinski definition) is 20. The van der Waals surface area contributed by atoms with Crippen molar-refractivity contribution >= 4 is 58.9 Å². The molecule has 0 fully saturated rings. The molecule has 9 heterocycles. The summed E-state index contributed by atoms with van der Waals surface area (Å²) >= 11 is 0. The molecule has 15 rings (SSSR count). The minimum absolute atomic E-state index is 0.00732. The predicted molar refractivity (Wildman–Crippen MR) is 440 cm³/mol. The molecule has 116 heavy (non-hydrogen) atoms. The van der Waals surface area contributed by atoms with Crippen LogP contribution in [0.15, 0.2) is 269 Å². The topological polar surface area (TPSA) is 412 Å². The maximum absolute atomic E-state index is 13.5. The first kappa shape index (κ1) is 80.7. The van der Waals surface area contributed by atoms with Crippen LogP contribution in [-0.2, 0) is 68.8 Å². The van der Waals surface area contributed by atoms with Crippen molar-refractivity contribution in [3.8, 4) is 66.8 Å². The lowest BCUT2D eigenvalue weighted by Crippen LogP contribution is -2.45. The Labute approximate surface area is 665 Å². The van der Waals surface area contributed by atoms with Gasteiger partial charge in [-0.1, -0.05) is 133 Å². The van der Waals surface area contributed by atoms with E-state index >= 15 is 0 Å². The number of hydrogen-bond donors (Lipinski definition) is 5. The lowest BCUT2D eigenvalue weighted by molar-refractivity contribution is 0.0944. The minimum atomic E-state index is -3.79. The van der Waals surface area contributed by atoms with Gasteiger partial charge < -0.3 is 27.4 Å². The molecule has 0 atom stereocenters. The molecule has 0 aliphatic carbocycles. The van der Waals surface area contributed by atoms with Gasteiger partial charge in [-0.3, -0.25) is 61.2 Å². The van der Waals surface area contributed by atoms with Crippen LogP contribution >= 0.6 is 0 Å². The molecule has 29 nitrogen and oxygen atoms in total. The molecule has 0 bridgehead atoms. The van der Waals surface area contributed by atoms with E-state index in [9.17, 15) is 68.4 Å². The number of nitrogen functional groups attached to an aromatic ring is 2. The molecule has 0 unspecified atom stereocenters. The smallest absolute Gasteiger partial charge is 0.332 e. The van der Waals surface area contributed by atoms with E-state index in [1.54, 1.807) is 170 Å². The quantitative estimate of drug-likeness (QED) is 0.0346. The summed E-state index contributed by atoms with van der Waals surface area (Å²) in [4.78, 5) is 130. The lowest BCUT2D eigenvalue weighted by Gasteiger charge is -2.23. The molecule has 0 saturated carbocycles. The molecular formula is C84H80N14O15S3. The summed E-state index contributed by atoms with van der Waals surface area (Å²) in [7, 11) is -11.4. The van der Waals surface area contributed by atoms with E-state index in [4.69, 9.17) is 11.5 Å². The number of nitrogens with one attached hydrogen (secondary N) is 3. The Morgan fingerprint density at radius 1 is 0.345 bits per heavy atom. The number of anilines is 2. The van der Waals surface area contributed by atoms with Crippen LogP contribution in [0.1, 0.15) is 69.6 Å². The van der Waals surface area contributed by atoms with Crippen LogP contribution < -0.4 is 61.2 Å². The van der Waals surface area contributed by atoms with Crippen molar-refractivity contribution in [3.05, 3.63) is 304 Å². The molecule has 3 aliphatic heterocycles. The van der Waals surface area contributed by atoms with Gasteiger partial charge in [-0.2, -0.15) is 0 Å². The summed E-state index contributed by atoms with van der Waals surface area (Å²) in [5, 5.41) is 7.82. The highest BCUT2D eigenvalue weighted by Gasteiger charge is 2.36. The maximum atomic E-state index is 13.5. The number of pyridine rings is 3. The lowest BCUT2D eigenvalue weighted by atomic mass is 10.0. The summed E-state index contributed by atoms with van der Waals surface area (Å²) < 4.78 is 84.2. The summed E-state index contributed by atoms with van der Waals surface area (Å²) in [6.45, 7) is 1.40. The Morgan fingerprint density at radius 2 is 0.664 bits per heavy atom. The Bertz CT molecular complexity index is 6450. The number of fused-ring (bicyclic) bond motifs is 3. The van der Waals surface area contributed by atoms with E-state index in [-0.39, 0.29) is 126 Å². The average Bonchev–Trinajstić information content (AvgIpc) is 0.746. The number of benzene rings is 6. The fourth-order valence-electron chi connectivity index (χ4n) is 14.1. The monoisotopic (exact) mass is 1620 g/mol. The zero-order valence-corrected chi connectivity index (χ0v) is 65.1. The van der Waals surface area contributed by atoms with Crippen molar-refractivity contribution < 1.29 is 39.6 Å². The zero-order chi connectivity index (χ0) is 81.8. The van der Waals surface area contributed by atoms with E-state index in [1.807, 2.05) is 54.6 Å². The van der Waals surface area contributed by atoms with Crippen LogP contribution in [-0.4, -0.2) is 122 Å². The summed E-state index contributed by atoms with van der Waals surface area (Å²) in [6.07, 6.45) is 8.55. The fraction of sp³-hybridized carbons (Fsp3) is 0.214. The van der Waals surface area contributed by atoms with Gasteiger partial charge in [-0.15, -0.1) is 0 Å². The van der Waals surface area contributed by atoms with E-state index in [0.717, 1.165) is 47.1 Å². The van der Waals surface area contributed by atoms with Gasteiger partial charge in [0.15, 0.2) is 44.6 Å². The van der Waals surface area contributed by atoms with Crippen molar-refractivity contribution in [3.63, 3.8) is 0 Å². The van der Waals surface area contributed by atoms with E-state index in [1.165, 1.54) is 13.7 Å². The van der Waals surface area contributed by atoms with E-state index < -0.39 is 63.3 Å². The first-order chi connectivity index (χ1) is 55.9. The second-order valence-electron chi connectivity index (χ2n) is 27.6. The van der Waals surface area contributed by atoms with Crippen LogP contribution in [0.25, 0.3) is 66.8 Å². The minimum Gasteiger partial charge on any atom is -0.384 e. The average molecular weight is 1620 g/mol. The van der Waals surface area contributed by atoms with Gasteiger partial charge in [0.05, 0.1) is 33.9 Å². The third-order valence-electron chi connectivity index (χ3n) is 19.8. The molecule has 32 heteroatoms. The van der Waals surface area contributed by atoms with Gasteiger partial charge in [0.2, 0.25) is 0 Å². The van der Waals surface area contributed by atoms with Crippen molar-refractivity contribution in [1.29, 1.82) is 0 Å². The number of carbonyl (C=O) groups is 3. The van der Waals surface area contributed by atoms with Crippen LogP contribution in [0.3, 0.4) is 0 Å². The van der Waals surface area contributed by atoms with Gasteiger partial charge in [0, 0.05) is 112 Å². The number of rotatable bonds is 21. The summed E-state index contributed by atoms with van der Waals surface area (Å²) in [5.41, 5.74) is 15.4. The Kier molecular flexibility index (Phi) is 24.6. The fourth-order valence-corrected chi connectivity index (χ4v) is 19.2. The van der Waals surface area contributed by atoms with Crippen molar-refractivity contribution in [2.45, 2.75) is 92.9 Å². The second kappa shape index (κ2) is 35.4. The predicted octanol–water partition coefficient (Wildman–Crippen LogP) is 7.37. The summed E-state index contributed by atoms with van der Waals surface area (Å²) in [6, 6.07) is 57.7. The van der Waals surface area contributed by atoms with Gasteiger partial charge in [0.1, 0.15) is 11.6 Å². The molecule has 6 aromatic heterocycles. The number of amides is 3. The molecule has 594 valence electrons. The van der Waals surface area contributed by atoms with Gasteiger partial charge >= 0.3 is 17.1 Å². The Balaban J connectivity index is 0.000000151. The van der Waals surface area contributed by atoms with E-state index in [0.29, 0.717) is 83.5 Å². The molecule has 3 amide bonds. The first-order valence-electron chi connectivity index (χ1n) is 37.4. The first-order valence-corrected chi connectivity index (χ1v) is 42.3. The Morgan fingerprint density at radius 3 is 1.00 bits per heavy atom.